The minimum Gasteiger partial charge on any atom is -0.462 e. The average molecular weight is 503 g/mol. The van der Waals surface area contributed by atoms with Gasteiger partial charge in [-0.2, -0.15) is 0 Å². The fourth-order valence-corrected chi connectivity index (χ4v) is 4.37. The SMILES string of the molecule is CCCCCCCCCCCCCCCCCCCOC(=O)c1ccccc1C(=O)OCCC(C)C. The summed E-state index contributed by atoms with van der Waals surface area (Å²) in [6, 6.07) is 6.75. The molecule has 0 saturated carbocycles. The van der Waals surface area contributed by atoms with Gasteiger partial charge in [-0.05, 0) is 30.9 Å². The van der Waals surface area contributed by atoms with Crippen LogP contribution in [0.25, 0.3) is 0 Å². The largest absolute Gasteiger partial charge is 0.462 e. The molecule has 0 radical (unpaired) electrons. The van der Waals surface area contributed by atoms with E-state index in [0.717, 1.165) is 19.3 Å². The highest BCUT2D eigenvalue weighted by atomic mass is 16.5. The molecule has 0 fully saturated rings. The molecule has 4 heteroatoms. The molecule has 206 valence electrons. The molecule has 1 aromatic rings. The van der Waals surface area contributed by atoms with Crippen molar-refractivity contribution >= 4 is 11.9 Å². The number of rotatable bonds is 23. The molecule has 0 aliphatic carbocycles. The lowest BCUT2D eigenvalue weighted by molar-refractivity contribution is 0.0445. The molecule has 0 bridgehead atoms. The zero-order chi connectivity index (χ0) is 26.3. The van der Waals surface area contributed by atoms with Crippen molar-refractivity contribution in [2.24, 2.45) is 5.92 Å². The quantitative estimate of drug-likeness (QED) is 0.110. The van der Waals surface area contributed by atoms with Crippen molar-refractivity contribution in [1.82, 2.24) is 0 Å². The number of ether oxygens (including phenoxy) is 2. The van der Waals surface area contributed by atoms with E-state index in [-0.39, 0.29) is 5.56 Å². The average Bonchev–Trinajstić information content (AvgIpc) is 2.87. The van der Waals surface area contributed by atoms with Crippen LogP contribution in [0.2, 0.25) is 0 Å². The van der Waals surface area contributed by atoms with Gasteiger partial charge in [0.2, 0.25) is 0 Å². The Bertz CT molecular complexity index is 682. The zero-order valence-corrected chi connectivity index (χ0v) is 23.7. The van der Waals surface area contributed by atoms with E-state index in [0.29, 0.717) is 24.7 Å². The van der Waals surface area contributed by atoms with Crippen molar-refractivity contribution in [2.75, 3.05) is 13.2 Å². The molecule has 1 aromatic carbocycles. The van der Waals surface area contributed by atoms with Crippen LogP contribution in [0.4, 0.5) is 0 Å². The molecule has 0 atom stereocenters. The van der Waals surface area contributed by atoms with Gasteiger partial charge in [-0.15, -0.1) is 0 Å². The van der Waals surface area contributed by atoms with Gasteiger partial charge in [0, 0.05) is 0 Å². The van der Waals surface area contributed by atoms with Crippen molar-refractivity contribution in [3.05, 3.63) is 35.4 Å². The maximum Gasteiger partial charge on any atom is 0.339 e. The molecule has 0 N–H and O–H groups in total. The summed E-state index contributed by atoms with van der Waals surface area (Å²) in [7, 11) is 0. The number of unbranched alkanes of at least 4 members (excludes halogenated alkanes) is 16. The van der Waals surface area contributed by atoms with E-state index < -0.39 is 11.9 Å². The van der Waals surface area contributed by atoms with Gasteiger partial charge >= 0.3 is 11.9 Å². The van der Waals surface area contributed by atoms with E-state index in [1.165, 1.54) is 96.3 Å². The van der Waals surface area contributed by atoms with E-state index in [2.05, 4.69) is 20.8 Å². The third-order valence-corrected chi connectivity index (χ3v) is 6.78. The molecule has 0 spiro atoms. The zero-order valence-electron chi connectivity index (χ0n) is 23.7. The summed E-state index contributed by atoms with van der Waals surface area (Å²) in [5.41, 5.74) is 0.577. The molecule has 0 unspecified atom stereocenters. The van der Waals surface area contributed by atoms with Gasteiger partial charge in [0.15, 0.2) is 0 Å². The normalized spacial score (nSPS) is 11.1. The van der Waals surface area contributed by atoms with Crippen LogP contribution in [-0.4, -0.2) is 25.2 Å². The fourth-order valence-electron chi connectivity index (χ4n) is 4.37. The second-order valence-electron chi connectivity index (χ2n) is 10.7. The number of esters is 2. The molecule has 0 saturated heterocycles. The molecule has 0 amide bonds. The Kier molecular flexibility index (Phi) is 20.0. The van der Waals surface area contributed by atoms with Crippen LogP contribution in [-0.2, 0) is 9.47 Å². The number of hydrogen-bond donors (Lipinski definition) is 0. The van der Waals surface area contributed by atoms with Crippen molar-refractivity contribution in [3.63, 3.8) is 0 Å². The number of carbonyl (C=O) groups is 2. The molecule has 4 nitrogen and oxygen atoms in total. The first-order chi connectivity index (χ1) is 17.6. The van der Waals surface area contributed by atoms with E-state index in [4.69, 9.17) is 9.47 Å². The lowest BCUT2D eigenvalue weighted by Gasteiger charge is -2.10. The Morgan fingerprint density at radius 2 is 0.944 bits per heavy atom. The fraction of sp³-hybridized carbons (Fsp3) is 0.750. The molecule has 1 rings (SSSR count). The van der Waals surface area contributed by atoms with Gasteiger partial charge < -0.3 is 9.47 Å². The predicted octanol–water partition coefficient (Wildman–Crippen LogP) is 9.70. The molecule has 0 aliphatic heterocycles. The first-order valence-corrected chi connectivity index (χ1v) is 15.0. The smallest absolute Gasteiger partial charge is 0.339 e. The maximum atomic E-state index is 12.5. The van der Waals surface area contributed by atoms with Crippen molar-refractivity contribution in [3.8, 4) is 0 Å². The maximum absolute atomic E-state index is 12.5. The van der Waals surface area contributed by atoms with E-state index in [9.17, 15) is 9.59 Å². The summed E-state index contributed by atoms with van der Waals surface area (Å²) in [6.45, 7) is 7.20. The Balaban J connectivity index is 2.01. The predicted molar refractivity (Wildman–Crippen MR) is 151 cm³/mol. The molecule has 0 aliphatic rings. The lowest BCUT2D eigenvalue weighted by atomic mass is 10.0. The highest BCUT2D eigenvalue weighted by Crippen LogP contribution is 2.15. The van der Waals surface area contributed by atoms with E-state index in [1.54, 1.807) is 24.3 Å². The first kappa shape index (κ1) is 32.2. The van der Waals surface area contributed by atoms with Gasteiger partial charge in [-0.3, -0.25) is 0 Å². The summed E-state index contributed by atoms with van der Waals surface area (Å²) in [5.74, 6) is -0.438. The Morgan fingerprint density at radius 3 is 1.33 bits per heavy atom. The van der Waals surface area contributed by atoms with E-state index in [1.807, 2.05) is 0 Å². The number of hydrogen-bond acceptors (Lipinski definition) is 4. The highest BCUT2D eigenvalue weighted by molar-refractivity contribution is 6.03. The van der Waals surface area contributed by atoms with Crippen LogP contribution >= 0.6 is 0 Å². The van der Waals surface area contributed by atoms with Crippen LogP contribution < -0.4 is 0 Å². The van der Waals surface area contributed by atoms with Crippen LogP contribution in [0.5, 0.6) is 0 Å². The van der Waals surface area contributed by atoms with E-state index >= 15 is 0 Å². The van der Waals surface area contributed by atoms with Crippen LogP contribution in [0.1, 0.15) is 157 Å². The summed E-state index contributed by atoms with van der Waals surface area (Å²) < 4.78 is 10.8. The van der Waals surface area contributed by atoms with Crippen LogP contribution in [0, 0.1) is 5.92 Å². The molecule has 36 heavy (non-hydrogen) atoms. The molecular formula is C32H54O4. The molecule has 0 aromatic heterocycles. The third-order valence-electron chi connectivity index (χ3n) is 6.78. The third kappa shape index (κ3) is 16.8. The van der Waals surface area contributed by atoms with Crippen molar-refractivity contribution in [1.29, 1.82) is 0 Å². The van der Waals surface area contributed by atoms with Crippen LogP contribution in [0.3, 0.4) is 0 Å². The Morgan fingerprint density at radius 1 is 0.583 bits per heavy atom. The van der Waals surface area contributed by atoms with Gasteiger partial charge in [-0.25, -0.2) is 9.59 Å². The van der Waals surface area contributed by atoms with Crippen LogP contribution in [0.15, 0.2) is 24.3 Å². The molecule has 0 heterocycles. The topological polar surface area (TPSA) is 52.6 Å². The van der Waals surface area contributed by atoms with Gasteiger partial charge in [0.05, 0.1) is 24.3 Å². The standard InChI is InChI=1S/C32H54O4/c1-4-5-6-7-8-9-10-11-12-13-14-15-16-17-18-19-22-26-35-31(33)29-23-20-21-24-30(29)32(34)36-27-25-28(2)3/h20-21,23-24,28H,4-19,22,25-27H2,1-3H3. The first-order valence-electron chi connectivity index (χ1n) is 15.0. The van der Waals surface area contributed by atoms with Crippen molar-refractivity contribution < 1.29 is 19.1 Å². The summed E-state index contributed by atoms with van der Waals surface area (Å²) >= 11 is 0. The number of carbonyl (C=O) groups excluding carboxylic acids is 2. The minimum absolute atomic E-state index is 0.286. The summed E-state index contributed by atoms with van der Waals surface area (Å²) in [4.78, 5) is 24.9. The van der Waals surface area contributed by atoms with Gasteiger partial charge in [-0.1, -0.05) is 136 Å². The summed E-state index contributed by atoms with van der Waals surface area (Å²) in [5, 5.41) is 0. The second kappa shape index (κ2) is 22.4. The summed E-state index contributed by atoms with van der Waals surface area (Å²) in [6.07, 6.45) is 23.3. The van der Waals surface area contributed by atoms with Gasteiger partial charge in [0.25, 0.3) is 0 Å². The minimum atomic E-state index is -0.457. The molecular weight excluding hydrogens is 448 g/mol. The lowest BCUT2D eigenvalue weighted by Crippen LogP contribution is -2.15. The highest BCUT2D eigenvalue weighted by Gasteiger charge is 2.18. The van der Waals surface area contributed by atoms with Crippen molar-refractivity contribution in [2.45, 2.75) is 136 Å². The monoisotopic (exact) mass is 502 g/mol. The number of benzene rings is 1. The Labute approximate surface area is 221 Å². The van der Waals surface area contributed by atoms with Gasteiger partial charge in [0.1, 0.15) is 0 Å². The second-order valence-corrected chi connectivity index (χ2v) is 10.7. The Hall–Kier alpha value is -1.84.